The Kier molecular flexibility index (Phi) is 5.55. The van der Waals surface area contributed by atoms with Crippen LogP contribution in [0.3, 0.4) is 0 Å². The summed E-state index contributed by atoms with van der Waals surface area (Å²) in [5.41, 5.74) is 4.88. The highest BCUT2D eigenvalue weighted by Gasteiger charge is 2.54. The van der Waals surface area contributed by atoms with E-state index in [1.54, 1.807) is 11.3 Å². The Morgan fingerprint density at radius 2 is 2.12 bits per heavy atom. The van der Waals surface area contributed by atoms with Crippen molar-refractivity contribution in [3.8, 4) is 11.3 Å². The molecule has 4 nitrogen and oxygen atoms in total. The highest BCUT2D eigenvalue weighted by atomic mass is 35.5. The number of rotatable bonds is 4. The molecule has 5 aliphatic carbocycles. The Bertz CT molecular complexity index is 1230. The van der Waals surface area contributed by atoms with Gasteiger partial charge < -0.3 is 5.32 Å². The fraction of sp³-hybridized carbons (Fsp3) is 0.556. The lowest BCUT2D eigenvalue weighted by Gasteiger charge is -2.60. The summed E-state index contributed by atoms with van der Waals surface area (Å²) in [6, 6.07) is 2.01. The average Bonchev–Trinajstić information content (AvgIpc) is 3.37. The molecule has 1 amide bonds. The summed E-state index contributed by atoms with van der Waals surface area (Å²) in [5.74, 6) is 2.46. The molecule has 2 aromatic rings. The van der Waals surface area contributed by atoms with Gasteiger partial charge in [-0.05, 0) is 73.7 Å². The van der Waals surface area contributed by atoms with Crippen molar-refractivity contribution in [3.63, 3.8) is 0 Å². The predicted octanol–water partition coefficient (Wildman–Crippen LogP) is 7.17. The van der Waals surface area contributed by atoms with E-state index in [2.05, 4.69) is 38.2 Å². The van der Waals surface area contributed by atoms with Crippen LogP contribution in [-0.2, 0) is 12.8 Å². The summed E-state index contributed by atoms with van der Waals surface area (Å²) in [7, 11) is 0. The third-order valence-corrected chi connectivity index (χ3v) is 10.6. The number of allylic oxidation sites excluding steroid dienone is 4. The highest BCUT2D eigenvalue weighted by molar-refractivity contribution is 7.16. The SMILES string of the molecule is CC1C=C(Cl)C(n2nc(C(=O)NCC3CCC4CC3C4(C)C)c3c2-c2cc(Cl)sc2CC3)=CC1. The average molecular weight is 517 g/mol. The summed E-state index contributed by atoms with van der Waals surface area (Å²) in [6.45, 7) is 7.69. The van der Waals surface area contributed by atoms with Gasteiger partial charge in [0.25, 0.3) is 5.91 Å². The van der Waals surface area contributed by atoms with Crippen LogP contribution in [0.1, 0.15) is 67.4 Å². The van der Waals surface area contributed by atoms with Crippen molar-refractivity contribution < 1.29 is 4.79 Å². The van der Waals surface area contributed by atoms with E-state index >= 15 is 0 Å². The summed E-state index contributed by atoms with van der Waals surface area (Å²) < 4.78 is 2.67. The molecule has 2 heterocycles. The number of nitrogens with zero attached hydrogens (tertiary/aromatic N) is 2. The smallest absolute Gasteiger partial charge is 0.272 e. The van der Waals surface area contributed by atoms with Crippen molar-refractivity contribution >= 4 is 46.1 Å². The van der Waals surface area contributed by atoms with Gasteiger partial charge >= 0.3 is 0 Å². The number of aromatic nitrogens is 2. The summed E-state index contributed by atoms with van der Waals surface area (Å²) in [6.07, 6.45) is 10.6. The Hall–Kier alpha value is -1.56. The number of carbonyl (C=O) groups excluding carboxylic acids is 1. The molecule has 0 spiro atoms. The van der Waals surface area contributed by atoms with Gasteiger partial charge in [-0.1, -0.05) is 56.1 Å². The summed E-state index contributed by atoms with van der Waals surface area (Å²) in [5, 5.41) is 8.85. The molecule has 4 atom stereocenters. The van der Waals surface area contributed by atoms with E-state index in [-0.39, 0.29) is 5.91 Å². The zero-order valence-electron chi connectivity index (χ0n) is 20.0. The first-order valence-corrected chi connectivity index (χ1v) is 14.1. The van der Waals surface area contributed by atoms with E-state index in [1.807, 2.05) is 10.7 Å². The number of halogens is 2. The molecule has 3 fully saturated rings. The zero-order valence-corrected chi connectivity index (χ0v) is 22.3. The molecule has 0 radical (unpaired) electrons. The molecule has 0 aromatic carbocycles. The number of nitrogens with one attached hydrogen (secondary N) is 1. The van der Waals surface area contributed by atoms with Gasteiger partial charge in [-0.3, -0.25) is 4.79 Å². The Morgan fingerprint density at radius 3 is 2.85 bits per heavy atom. The lowest BCUT2D eigenvalue weighted by Crippen LogP contribution is -2.54. The number of fused-ring (bicyclic) bond motifs is 5. The van der Waals surface area contributed by atoms with E-state index in [1.165, 1.54) is 24.1 Å². The number of thiophene rings is 1. The van der Waals surface area contributed by atoms with Gasteiger partial charge in [-0.15, -0.1) is 11.3 Å². The minimum atomic E-state index is -0.0658. The second kappa shape index (κ2) is 8.25. The first-order valence-electron chi connectivity index (χ1n) is 12.5. The molecule has 7 rings (SSSR count). The van der Waals surface area contributed by atoms with Crippen molar-refractivity contribution in [2.75, 3.05) is 6.54 Å². The van der Waals surface area contributed by atoms with E-state index in [4.69, 9.17) is 28.3 Å². The fourth-order valence-electron chi connectivity index (χ4n) is 6.84. The molecule has 4 unspecified atom stereocenters. The molecule has 3 saturated carbocycles. The Morgan fingerprint density at radius 1 is 1.29 bits per heavy atom. The predicted molar refractivity (Wildman–Crippen MR) is 140 cm³/mol. The van der Waals surface area contributed by atoms with E-state index < -0.39 is 0 Å². The molecule has 2 aromatic heterocycles. The van der Waals surface area contributed by atoms with Gasteiger partial charge in [0.15, 0.2) is 5.69 Å². The zero-order chi connectivity index (χ0) is 23.8. The maximum Gasteiger partial charge on any atom is 0.272 e. The van der Waals surface area contributed by atoms with Crippen LogP contribution >= 0.6 is 34.5 Å². The number of hydrogen-bond donors (Lipinski definition) is 1. The van der Waals surface area contributed by atoms with Gasteiger partial charge in [0.05, 0.1) is 20.8 Å². The molecule has 5 aliphatic rings. The number of carbonyl (C=O) groups is 1. The standard InChI is InChI=1S/C27H31Cl2N3OS/c1-14-4-8-21(20(28)10-14)32-25-17(7-9-22-18(25)12-23(29)34-22)24(31-32)26(33)30-13-15-5-6-16-11-19(15)27(16,2)3/h8,10,12,14-16,19H,4-7,9,11,13H2,1-3H3,(H,30,33). The van der Waals surface area contributed by atoms with E-state index in [0.29, 0.717) is 33.9 Å². The quantitative estimate of drug-likeness (QED) is 0.468. The molecule has 7 heteroatoms. The monoisotopic (exact) mass is 515 g/mol. The molecular formula is C27H31Cl2N3OS. The van der Waals surface area contributed by atoms with Crippen LogP contribution in [0.4, 0.5) is 0 Å². The second-order valence-electron chi connectivity index (χ2n) is 11.2. The Labute approximate surface area is 215 Å². The highest BCUT2D eigenvalue weighted by Crippen LogP contribution is 2.61. The number of amides is 1. The lowest BCUT2D eigenvalue weighted by molar-refractivity contribution is -0.103. The molecule has 0 saturated heterocycles. The first-order chi connectivity index (χ1) is 16.2. The van der Waals surface area contributed by atoms with Crippen LogP contribution < -0.4 is 5.32 Å². The van der Waals surface area contributed by atoms with Crippen LogP contribution in [-0.4, -0.2) is 22.2 Å². The second-order valence-corrected chi connectivity index (χ2v) is 13.4. The van der Waals surface area contributed by atoms with Crippen LogP contribution in [0.5, 0.6) is 0 Å². The van der Waals surface area contributed by atoms with Gasteiger partial charge in [0.1, 0.15) is 0 Å². The maximum absolute atomic E-state index is 13.5. The topological polar surface area (TPSA) is 46.9 Å². The maximum atomic E-state index is 13.5. The minimum Gasteiger partial charge on any atom is -0.350 e. The lowest BCUT2D eigenvalue weighted by atomic mass is 9.45. The number of hydrogen-bond acceptors (Lipinski definition) is 3. The van der Waals surface area contributed by atoms with Gasteiger partial charge in [-0.25, -0.2) is 4.68 Å². The summed E-state index contributed by atoms with van der Waals surface area (Å²) in [4.78, 5) is 14.8. The van der Waals surface area contributed by atoms with Crippen molar-refractivity contribution in [2.45, 2.75) is 59.3 Å². The number of aryl methyl sites for hydroxylation is 1. The minimum absolute atomic E-state index is 0.0658. The van der Waals surface area contributed by atoms with Crippen LogP contribution in [0.2, 0.25) is 4.34 Å². The van der Waals surface area contributed by atoms with Crippen LogP contribution in [0, 0.1) is 29.1 Å². The Balaban J connectivity index is 1.33. The van der Waals surface area contributed by atoms with Gasteiger partial charge in [0, 0.05) is 22.5 Å². The first kappa shape index (κ1) is 22.9. The molecule has 2 bridgehead atoms. The van der Waals surface area contributed by atoms with Gasteiger partial charge in [0.2, 0.25) is 0 Å². The third kappa shape index (κ3) is 3.53. The van der Waals surface area contributed by atoms with E-state index in [9.17, 15) is 4.79 Å². The van der Waals surface area contributed by atoms with Crippen molar-refractivity contribution in [1.82, 2.24) is 15.1 Å². The van der Waals surface area contributed by atoms with Crippen LogP contribution in [0.15, 0.2) is 23.3 Å². The molecule has 34 heavy (non-hydrogen) atoms. The van der Waals surface area contributed by atoms with Crippen LogP contribution in [0.25, 0.3) is 17.0 Å². The third-order valence-electron chi connectivity index (χ3n) is 8.95. The van der Waals surface area contributed by atoms with Crippen molar-refractivity contribution in [3.05, 3.63) is 43.7 Å². The largest absolute Gasteiger partial charge is 0.350 e. The summed E-state index contributed by atoms with van der Waals surface area (Å²) >= 11 is 14.7. The molecule has 180 valence electrons. The fourth-order valence-corrected chi connectivity index (χ4v) is 8.48. The van der Waals surface area contributed by atoms with Gasteiger partial charge in [-0.2, -0.15) is 5.10 Å². The molecule has 1 N–H and O–H groups in total. The molecular weight excluding hydrogens is 485 g/mol. The van der Waals surface area contributed by atoms with E-state index in [0.717, 1.165) is 58.6 Å². The van der Waals surface area contributed by atoms with Crippen molar-refractivity contribution in [2.24, 2.45) is 29.1 Å². The normalized spacial score (nSPS) is 28.9. The molecule has 0 aliphatic heterocycles. The van der Waals surface area contributed by atoms with Crippen molar-refractivity contribution in [1.29, 1.82) is 0 Å².